The minimum Gasteiger partial charge on any atom is -0.378 e. The number of carbonyl (C=O) groups excluding carboxylic acids is 1. The number of anilines is 1. The first kappa shape index (κ1) is 25.5. The molecule has 1 amide bonds. The summed E-state index contributed by atoms with van der Waals surface area (Å²) in [5.41, 5.74) is 1.93. The predicted molar refractivity (Wildman–Crippen MR) is 139 cm³/mol. The molecule has 0 bridgehead atoms. The SMILES string of the molecule is CC.N#Cc1c(N2CCCCC2)n(Cc2ccccc2)c2c(=O)n(CC(=O)N3CCOCC3)cnc12. The van der Waals surface area contributed by atoms with Crippen molar-refractivity contribution in [2.75, 3.05) is 44.3 Å². The summed E-state index contributed by atoms with van der Waals surface area (Å²) in [5.74, 6) is 0.618. The quantitative estimate of drug-likeness (QED) is 0.546. The molecule has 1 aromatic carbocycles. The van der Waals surface area contributed by atoms with E-state index in [1.165, 1.54) is 10.9 Å². The highest BCUT2D eigenvalue weighted by Crippen LogP contribution is 2.32. The predicted octanol–water partition coefficient (Wildman–Crippen LogP) is 2.99. The molecule has 9 nitrogen and oxygen atoms in total. The molecular formula is C27H34N6O3. The number of amides is 1. The molecule has 0 unspecified atom stereocenters. The van der Waals surface area contributed by atoms with E-state index < -0.39 is 0 Å². The van der Waals surface area contributed by atoms with E-state index in [0.717, 1.165) is 43.7 Å². The maximum atomic E-state index is 13.7. The van der Waals surface area contributed by atoms with E-state index in [2.05, 4.69) is 16.0 Å². The highest BCUT2D eigenvalue weighted by atomic mass is 16.5. The van der Waals surface area contributed by atoms with Crippen molar-refractivity contribution in [3.63, 3.8) is 0 Å². The molecule has 190 valence electrons. The van der Waals surface area contributed by atoms with Gasteiger partial charge in [-0.2, -0.15) is 5.26 Å². The van der Waals surface area contributed by atoms with Gasteiger partial charge in [-0.05, 0) is 24.8 Å². The Bertz CT molecular complexity index is 1280. The lowest BCUT2D eigenvalue weighted by molar-refractivity contribution is -0.135. The monoisotopic (exact) mass is 490 g/mol. The summed E-state index contributed by atoms with van der Waals surface area (Å²) in [4.78, 5) is 35.0. The van der Waals surface area contributed by atoms with Crippen molar-refractivity contribution in [2.45, 2.75) is 46.2 Å². The molecule has 36 heavy (non-hydrogen) atoms. The summed E-state index contributed by atoms with van der Waals surface area (Å²) in [7, 11) is 0. The fourth-order valence-corrected chi connectivity index (χ4v) is 4.88. The Morgan fingerprint density at radius 1 is 1.06 bits per heavy atom. The molecule has 0 spiro atoms. The van der Waals surface area contributed by atoms with Crippen LogP contribution in [0.2, 0.25) is 0 Å². The zero-order valence-corrected chi connectivity index (χ0v) is 21.2. The second-order valence-electron chi connectivity index (χ2n) is 8.80. The minimum absolute atomic E-state index is 0.0841. The summed E-state index contributed by atoms with van der Waals surface area (Å²) >= 11 is 0. The molecule has 0 atom stereocenters. The summed E-state index contributed by atoms with van der Waals surface area (Å²) in [5, 5.41) is 10.1. The third kappa shape index (κ3) is 5.14. The van der Waals surface area contributed by atoms with Crippen LogP contribution < -0.4 is 10.5 Å². The number of benzene rings is 1. The normalized spacial score (nSPS) is 15.8. The number of hydrogen-bond donors (Lipinski definition) is 0. The molecule has 2 aliphatic rings. The average molecular weight is 491 g/mol. The largest absolute Gasteiger partial charge is 0.378 e. The summed E-state index contributed by atoms with van der Waals surface area (Å²) in [6, 6.07) is 12.2. The molecule has 2 aromatic heterocycles. The van der Waals surface area contributed by atoms with Gasteiger partial charge >= 0.3 is 0 Å². The van der Waals surface area contributed by atoms with E-state index >= 15 is 0 Å². The second kappa shape index (κ2) is 11.9. The van der Waals surface area contributed by atoms with Crippen molar-refractivity contribution in [1.82, 2.24) is 19.0 Å². The highest BCUT2D eigenvalue weighted by molar-refractivity contribution is 5.89. The van der Waals surface area contributed by atoms with E-state index in [0.29, 0.717) is 49.4 Å². The Labute approximate surface area is 211 Å². The number of ether oxygens (including phenoxy) is 1. The number of hydrogen-bond acceptors (Lipinski definition) is 6. The summed E-state index contributed by atoms with van der Waals surface area (Å²) in [6.07, 6.45) is 4.65. The van der Waals surface area contributed by atoms with E-state index in [1.54, 1.807) is 4.90 Å². The van der Waals surface area contributed by atoms with Crippen LogP contribution in [0.5, 0.6) is 0 Å². The molecule has 0 N–H and O–H groups in total. The number of carbonyl (C=O) groups is 1. The van der Waals surface area contributed by atoms with Gasteiger partial charge in [0.2, 0.25) is 5.91 Å². The van der Waals surface area contributed by atoms with Gasteiger partial charge in [-0.1, -0.05) is 44.2 Å². The summed E-state index contributed by atoms with van der Waals surface area (Å²) < 4.78 is 8.62. The molecule has 2 saturated heterocycles. The van der Waals surface area contributed by atoms with Crippen LogP contribution in [0.1, 0.15) is 44.2 Å². The fraction of sp³-hybridized carbons (Fsp3) is 0.481. The molecule has 0 aliphatic carbocycles. The lowest BCUT2D eigenvalue weighted by Crippen LogP contribution is -2.43. The molecule has 5 rings (SSSR count). The molecule has 4 heterocycles. The standard InChI is InChI=1S/C25H28N6O3.C2H6/c26-15-20-22-23(25(33)30(18-27-22)17-21(32)28-11-13-34-14-12-28)31(16-19-7-3-1-4-8-19)24(20)29-9-5-2-6-10-29;1-2/h1,3-4,7-8,18H,2,5-6,9-14,16-17H2;1-2H3. The van der Waals surface area contributed by atoms with Crippen LogP contribution in [0.15, 0.2) is 41.5 Å². The Kier molecular flexibility index (Phi) is 8.39. The smallest absolute Gasteiger partial charge is 0.278 e. The van der Waals surface area contributed by atoms with Crippen molar-refractivity contribution < 1.29 is 9.53 Å². The van der Waals surface area contributed by atoms with Gasteiger partial charge in [0.15, 0.2) is 0 Å². The minimum atomic E-state index is -0.303. The first-order valence-corrected chi connectivity index (χ1v) is 12.8. The highest BCUT2D eigenvalue weighted by Gasteiger charge is 2.27. The van der Waals surface area contributed by atoms with Gasteiger partial charge < -0.3 is 19.1 Å². The number of fused-ring (bicyclic) bond motifs is 1. The van der Waals surface area contributed by atoms with Crippen molar-refractivity contribution >= 4 is 22.8 Å². The van der Waals surface area contributed by atoms with Gasteiger partial charge in [-0.3, -0.25) is 14.2 Å². The zero-order valence-electron chi connectivity index (χ0n) is 21.2. The van der Waals surface area contributed by atoms with E-state index in [1.807, 2.05) is 48.7 Å². The van der Waals surface area contributed by atoms with Crippen molar-refractivity contribution in [2.24, 2.45) is 0 Å². The van der Waals surface area contributed by atoms with E-state index in [9.17, 15) is 14.9 Å². The van der Waals surface area contributed by atoms with Crippen LogP contribution in [0.25, 0.3) is 11.0 Å². The Morgan fingerprint density at radius 3 is 2.42 bits per heavy atom. The number of nitriles is 1. The molecular weight excluding hydrogens is 456 g/mol. The van der Waals surface area contributed by atoms with Crippen LogP contribution in [0, 0.1) is 11.3 Å². The number of nitrogens with zero attached hydrogens (tertiary/aromatic N) is 6. The summed E-state index contributed by atoms with van der Waals surface area (Å²) in [6.45, 7) is 8.08. The third-order valence-corrected chi connectivity index (χ3v) is 6.62. The number of piperidine rings is 1. The second-order valence-corrected chi connectivity index (χ2v) is 8.80. The fourth-order valence-electron chi connectivity index (χ4n) is 4.88. The molecule has 2 fully saturated rings. The molecule has 2 aliphatic heterocycles. The molecule has 0 saturated carbocycles. The van der Waals surface area contributed by atoms with Crippen molar-refractivity contribution in [3.8, 4) is 6.07 Å². The first-order valence-electron chi connectivity index (χ1n) is 12.8. The first-order chi connectivity index (χ1) is 17.7. The van der Waals surface area contributed by atoms with Gasteiger partial charge in [-0.15, -0.1) is 0 Å². The van der Waals surface area contributed by atoms with E-state index in [4.69, 9.17) is 4.74 Å². The van der Waals surface area contributed by atoms with Gasteiger partial charge in [0.25, 0.3) is 5.56 Å². The maximum Gasteiger partial charge on any atom is 0.278 e. The Hall–Kier alpha value is -3.64. The van der Waals surface area contributed by atoms with Crippen molar-refractivity contribution in [3.05, 3.63) is 58.1 Å². The Morgan fingerprint density at radius 2 is 1.75 bits per heavy atom. The Balaban J connectivity index is 0.00000148. The molecule has 3 aromatic rings. The topological polar surface area (TPSA) is 96.4 Å². The number of morpholine rings is 1. The molecule has 0 radical (unpaired) electrons. The number of aromatic nitrogens is 3. The van der Waals surface area contributed by atoms with E-state index in [-0.39, 0.29) is 18.0 Å². The van der Waals surface area contributed by atoms with Crippen LogP contribution in [-0.4, -0.2) is 64.3 Å². The average Bonchev–Trinajstić information content (AvgIpc) is 3.26. The lowest BCUT2D eigenvalue weighted by Gasteiger charge is -2.30. The van der Waals surface area contributed by atoms with Crippen LogP contribution in [0.4, 0.5) is 5.82 Å². The van der Waals surface area contributed by atoms with Crippen LogP contribution >= 0.6 is 0 Å². The van der Waals surface area contributed by atoms with Crippen LogP contribution in [0.3, 0.4) is 0 Å². The van der Waals surface area contributed by atoms with Gasteiger partial charge in [0.1, 0.15) is 35.0 Å². The zero-order chi connectivity index (χ0) is 25.5. The maximum absolute atomic E-state index is 13.7. The molecule has 9 heteroatoms. The van der Waals surface area contributed by atoms with Crippen molar-refractivity contribution in [1.29, 1.82) is 5.26 Å². The van der Waals surface area contributed by atoms with Gasteiger partial charge in [0, 0.05) is 32.7 Å². The lowest BCUT2D eigenvalue weighted by atomic mass is 10.1. The van der Waals surface area contributed by atoms with Gasteiger partial charge in [-0.25, -0.2) is 4.98 Å². The van der Waals surface area contributed by atoms with Gasteiger partial charge in [0.05, 0.1) is 19.5 Å². The number of rotatable bonds is 5. The van der Waals surface area contributed by atoms with Crippen LogP contribution in [-0.2, 0) is 22.6 Å². The third-order valence-electron chi connectivity index (χ3n) is 6.62.